The summed E-state index contributed by atoms with van der Waals surface area (Å²) in [6.45, 7) is 5.82. The van der Waals surface area contributed by atoms with E-state index in [-0.39, 0.29) is 39.7 Å². The highest BCUT2D eigenvalue weighted by molar-refractivity contribution is 6.43. The average Bonchev–Trinajstić information content (AvgIpc) is 2.71. The van der Waals surface area contributed by atoms with E-state index in [1.807, 2.05) is 6.92 Å². The Morgan fingerprint density at radius 2 is 1.54 bits per heavy atom. The van der Waals surface area contributed by atoms with Crippen LogP contribution in [0.3, 0.4) is 0 Å². The molecule has 5 nitrogen and oxygen atoms in total. The zero-order chi connectivity index (χ0) is 18.0. The molecule has 0 unspecified atom stereocenters. The molecule has 130 valence electrons. The summed E-state index contributed by atoms with van der Waals surface area (Å²) in [6, 6.07) is 2.71. The van der Waals surface area contributed by atoms with Crippen LogP contribution in [0.25, 0.3) is 0 Å². The zero-order valence-electron chi connectivity index (χ0n) is 13.9. The number of imide groups is 1. The van der Waals surface area contributed by atoms with Crippen LogP contribution < -0.4 is 5.32 Å². The van der Waals surface area contributed by atoms with Gasteiger partial charge < -0.3 is 5.32 Å². The molecule has 0 aromatic heterocycles. The van der Waals surface area contributed by atoms with E-state index in [0.29, 0.717) is 5.92 Å². The number of hydrogen-bond donors (Lipinski definition) is 1. The Morgan fingerprint density at radius 1 is 1.04 bits per heavy atom. The molecule has 0 saturated heterocycles. The summed E-state index contributed by atoms with van der Waals surface area (Å²) in [4.78, 5) is 37.7. The highest BCUT2D eigenvalue weighted by Crippen LogP contribution is 2.31. The molecule has 1 atom stereocenters. The van der Waals surface area contributed by atoms with Crippen molar-refractivity contribution in [1.29, 1.82) is 0 Å². The van der Waals surface area contributed by atoms with Crippen LogP contribution in [-0.2, 0) is 4.79 Å². The number of hydrogen-bond acceptors (Lipinski definition) is 3. The molecule has 1 N–H and O–H groups in total. The Labute approximate surface area is 151 Å². The van der Waals surface area contributed by atoms with E-state index in [9.17, 15) is 14.4 Å². The lowest BCUT2D eigenvalue weighted by molar-refractivity contribution is -0.122. The first-order chi connectivity index (χ1) is 11.2. The molecule has 1 aromatic rings. The van der Waals surface area contributed by atoms with Gasteiger partial charge in [-0.1, -0.05) is 37.0 Å². The van der Waals surface area contributed by atoms with Crippen LogP contribution in [0.2, 0.25) is 10.0 Å². The topological polar surface area (TPSA) is 66.5 Å². The predicted octanol–water partition coefficient (Wildman–Crippen LogP) is 3.53. The van der Waals surface area contributed by atoms with Gasteiger partial charge in [0.05, 0.1) is 21.2 Å². The van der Waals surface area contributed by atoms with Gasteiger partial charge in [0.15, 0.2) is 0 Å². The second-order valence-corrected chi connectivity index (χ2v) is 7.26. The Morgan fingerprint density at radius 3 is 2.00 bits per heavy atom. The van der Waals surface area contributed by atoms with E-state index in [0.717, 1.165) is 17.7 Å². The van der Waals surface area contributed by atoms with Gasteiger partial charge in [-0.2, -0.15) is 0 Å². The van der Waals surface area contributed by atoms with Crippen LogP contribution in [-0.4, -0.2) is 35.2 Å². The number of rotatable bonds is 6. The summed E-state index contributed by atoms with van der Waals surface area (Å²) in [5, 5.41) is 3.21. The maximum Gasteiger partial charge on any atom is 0.262 e. The molecule has 1 heterocycles. The van der Waals surface area contributed by atoms with Crippen molar-refractivity contribution in [3.8, 4) is 0 Å². The van der Waals surface area contributed by atoms with Crippen LogP contribution in [0, 0.1) is 5.92 Å². The van der Waals surface area contributed by atoms with Gasteiger partial charge in [-0.05, 0) is 37.8 Å². The van der Waals surface area contributed by atoms with Gasteiger partial charge in [0.2, 0.25) is 5.91 Å². The van der Waals surface area contributed by atoms with Gasteiger partial charge in [0.1, 0.15) is 6.54 Å². The minimum absolute atomic E-state index is 0.0148. The molecule has 0 fully saturated rings. The second kappa shape index (κ2) is 7.53. The molecule has 1 aliphatic rings. The molecule has 2 rings (SSSR count). The molecular formula is C17H20Cl2N2O3. The minimum Gasteiger partial charge on any atom is -0.352 e. The molecule has 0 radical (unpaired) electrons. The van der Waals surface area contributed by atoms with Crippen molar-refractivity contribution in [1.82, 2.24) is 10.2 Å². The largest absolute Gasteiger partial charge is 0.352 e. The van der Waals surface area contributed by atoms with Crippen molar-refractivity contribution in [2.45, 2.75) is 39.7 Å². The summed E-state index contributed by atoms with van der Waals surface area (Å²) in [5.74, 6) is -0.870. The number of nitrogens with one attached hydrogen (secondary N) is 1. The highest BCUT2D eigenvalue weighted by Gasteiger charge is 2.37. The summed E-state index contributed by atoms with van der Waals surface area (Å²) in [7, 11) is 0. The summed E-state index contributed by atoms with van der Waals surface area (Å²) in [5.41, 5.74) is 0.352. The van der Waals surface area contributed by atoms with E-state index in [4.69, 9.17) is 23.2 Å². The van der Waals surface area contributed by atoms with E-state index >= 15 is 0 Å². The normalized spacial score (nSPS) is 15.0. The van der Waals surface area contributed by atoms with E-state index in [1.54, 1.807) is 0 Å². The quantitative estimate of drug-likeness (QED) is 0.778. The molecule has 24 heavy (non-hydrogen) atoms. The van der Waals surface area contributed by atoms with Crippen LogP contribution >= 0.6 is 23.2 Å². The predicted molar refractivity (Wildman–Crippen MR) is 93.5 cm³/mol. The third-order valence-corrected chi connectivity index (χ3v) is 4.62. The third-order valence-electron chi connectivity index (χ3n) is 3.90. The van der Waals surface area contributed by atoms with Gasteiger partial charge in [-0.3, -0.25) is 19.3 Å². The molecule has 1 aliphatic heterocycles. The Kier molecular flexibility index (Phi) is 5.88. The average molecular weight is 371 g/mol. The van der Waals surface area contributed by atoms with Gasteiger partial charge in [0, 0.05) is 6.04 Å². The van der Waals surface area contributed by atoms with Gasteiger partial charge in [-0.25, -0.2) is 0 Å². The maximum atomic E-state index is 12.3. The monoisotopic (exact) mass is 370 g/mol. The number of benzene rings is 1. The minimum atomic E-state index is -0.529. The summed E-state index contributed by atoms with van der Waals surface area (Å²) < 4.78 is 0. The number of fused-ring (bicyclic) bond motifs is 1. The molecule has 7 heteroatoms. The van der Waals surface area contributed by atoms with E-state index in [1.165, 1.54) is 12.1 Å². The van der Waals surface area contributed by atoms with Crippen LogP contribution in [0.4, 0.5) is 0 Å². The van der Waals surface area contributed by atoms with Crippen molar-refractivity contribution in [2.75, 3.05) is 6.54 Å². The van der Waals surface area contributed by atoms with Crippen LogP contribution in [0.15, 0.2) is 12.1 Å². The third kappa shape index (κ3) is 4.08. The lowest BCUT2D eigenvalue weighted by Crippen LogP contribution is -2.43. The van der Waals surface area contributed by atoms with Gasteiger partial charge in [-0.15, -0.1) is 0 Å². The molecule has 0 bridgehead atoms. The van der Waals surface area contributed by atoms with Crippen molar-refractivity contribution in [3.05, 3.63) is 33.3 Å². The van der Waals surface area contributed by atoms with Crippen LogP contribution in [0.5, 0.6) is 0 Å². The smallest absolute Gasteiger partial charge is 0.262 e. The Hall–Kier alpha value is -1.59. The highest BCUT2D eigenvalue weighted by atomic mass is 35.5. The summed E-state index contributed by atoms with van der Waals surface area (Å²) in [6.07, 6.45) is 1.84. The van der Waals surface area contributed by atoms with Crippen LogP contribution in [0.1, 0.15) is 54.3 Å². The fourth-order valence-electron chi connectivity index (χ4n) is 2.55. The maximum absolute atomic E-state index is 12.3. The molecule has 1 aromatic carbocycles. The van der Waals surface area contributed by atoms with Crippen molar-refractivity contribution >= 4 is 40.9 Å². The van der Waals surface area contributed by atoms with Crippen molar-refractivity contribution < 1.29 is 14.4 Å². The van der Waals surface area contributed by atoms with E-state index < -0.39 is 11.8 Å². The molecule has 0 spiro atoms. The first-order valence-electron chi connectivity index (χ1n) is 7.85. The lowest BCUT2D eigenvalue weighted by atomic mass is 10.0. The molecule has 0 saturated carbocycles. The fourth-order valence-corrected chi connectivity index (χ4v) is 2.87. The van der Waals surface area contributed by atoms with Gasteiger partial charge in [0.25, 0.3) is 11.8 Å². The number of carbonyl (C=O) groups excluding carboxylic acids is 3. The molecule has 0 aliphatic carbocycles. The standard InChI is InChI=1S/C17H20Cl2N2O3/c1-9(2)4-5-10(3)20-15(22)8-21-16(23)11-6-13(18)14(19)7-12(11)17(21)24/h6-7,9-10H,4-5,8H2,1-3H3,(H,20,22)/t10-/m0/s1. The molecular weight excluding hydrogens is 351 g/mol. The SMILES string of the molecule is CC(C)CC[C@H](C)NC(=O)CN1C(=O)c2cc(Cl)c(Cl)cc2C1=O. The summed E-state index contributed by atoms with van der Waals surface area (Å²) >= 11 is 11.8. The first-order valence-corrected chi connectivity index (χ1v) is 8.61. The number of halogens is 2. The fraction of sp³-hybridized carbons (Fsp3) is 0.471. The number of amides is 3. The number of nitrogens with zero attached hydrogens (tertiary/aromatic N) is 1. The Bertz CT molecular complexity index is 648. The number of carbonyl (C=O) groups is 3. The van der Waals surface area contributed by atoms with Crippen molar-refractivity contribution in [2.24, 2.45) is 5.92 Å². The second-order valence-electron chi connectivity index (χ2n) is 6.45. The lowest BCUT2D eigenvalue weighted by Gasteiger charge is -2.18. The first kappa shape index (κ1) is 18.7. The van der Waals surface area contributed by atoms with E-state index in [2.05, 4.69) is 19.2 Å². The Balaban J connectivity index is 2.02. The van der Waals surface area contributed by atoms with Gasteiger partial charge >= 0.3 is 0 Å². The molecule has 3 amide bonds. The zero-order valence-corrected chi connectivity index (χ0v) is 15.4. The van der Waals surface area contributed by atoms with Crippen molar-refractivity contribution in [3.63, 3.8) is 0 Å².